The van der Waals surface area contributed by atoms with Crippen LogP contribution in [-0.2, 0) is 32.6 Å². The summed E-state index contributed by atoms with van der Waals surface area (Å²) in [5, 5.41) is 3.04. The third-order valence-corrected chi connectivity index (χ3v) is 8.29. The summed E-state index contributed by atoms with van der Waals surface area (Å²) in [5.41, 5.74) is 2.45. The number of ether oxygens (including phenoxy) is 1. The van der Waals surface area contributed by atoms with E-state index < -0.39 is 34.1 Å². The molecule has 0 bridgehead atoms. The number of carbonyl (C=O) groups is 2. The van der Waals surface area contributed by atoms with Gasteiger partial charge in [0.15, 0.2) is 0 Å². The van der Waals surface area contributed by atoms with Gasteiger partial charge in [0.2, 0.25) is 21.8 Å². The van der Waals surface area contributed by atoms with E-state index in [1.165, 1.54) is 4.90 Å². The first-order valence-electron chi connectivity index (χ1n) is 14.8. The molecule has 1 atom stereocenters. The van der Waals surface area contributed by atoms with Gasteiger partial charge in [-0.3, -0.25) is 13.9 Å². The van der Waals surface area contributed by atoms with E-state index in [0.29, 0.717) is 17.2 Å². The van der Waals surface area contributed by atoms with Crippen molar-refractivity contribution in [3.63, 3.8) is 0 Å². The number of rotatable bonds is 12. The maximum atomic E-state index is 14.3. The predicted octanol–water partition coefficient (Wildman–Crippen LogP) is 6.11. The number of benzene rings is 4. The van der Waals surface area contributed by atoms with Crippen LogP contribution in [0.1, 0.15) is 37.5 Å². The minimum Gasteiger partial charge on any atom is -0.457 e. The van der Waals surface area contributed by atoms with Crippen LogP contribution in [-0.4, -0.2) is 49.5 Å². The van der Waals surface area contributed by atoms with E-state index in [1.54, 1.807) is 24.3 Å². The molecular formula is C36H41N3O5S. The molecule has 0 aliphatic heterocycles. The maximum Gasteiger partial charge on any atom is 0.244 e. The number of amides is 2. The highest BCUT2D eigenvalue weighted by atomic mass is 32.2. The Morgan fingerprint density at radius 1 is 0.800 bits per heavy atom. The van der Waals surface area contributed by atoms with Crippen molar-refractivity contribution in [2.75, 3.05) is 17.1 Å². The zero-order valence-corrected chi connectivity index (χ0v) is 27.3. The highest BCUT2D eigenvalue weighted by molar-refractivity contribution is 7.92. The van der Waals surface area contributed by atoms with Gasteiger partial charge in [-0.05, 0) is 80.8 Å². The van der Waals surface area contributed by atoms with Crippen molar-refractivity contribution in [3.8, 4) is 11.5 Å². The van der Waals surface area contributed by atoms with Gasteiger partial charge in [0.05, 0.1) is 11.9 Å². The molecule has 0 unspecified atom stereocenters. The normalized spacial score (nSPS) is 12.2. The summed E-state index contributed by atoms with van der Waals surface area (Å²) >= 11 is 0. The van der Waals surface area contributed by atoms with Crippen molar-refractivity contribution < 1.29 is 22.7 Å². The smallest absolute Gasteiger partial charge is 0.244 e. The average molecular weight is 628 g/mol. The number of hydrogen-bond donors (Lipinski definition) is 1. The number of para-hydroxylation sites is 1. The Balaban J connectivity index is 1.70. The molecule has 0 saturated carbocycles. The SMILES string of the molecule is Cc1ccccc1CN(C(=O)CN(c1ccc(Oc2ccccc2)cc1)S(C)(=O)=O)[C@@H](Cc1ccccc1)C(=O)NC(C)(C)C. The maximum absolute atomic E-state index is 14.3. The molecule has 2 amide bonds. The van der Waals surface area contributed by atoms with E-state index >= 15 is 0 Å². The van der Waals surface area contributed by atoms with Crippen LogP contribution in [0.15, 0.2) is 109 Å². The summed E-state index contributed by atoms with van der Waals surface area (Å²) in [6.07, 6.45) is 1.32. The van der Waals surface area contributed by atoms with Gasteiger partial charge in [0, 0.05) is 18.5 Å². The summed E-state index contributed by atoms with van der Waals surface area (Å²) in [6, 6.07) is 32.0. The summed E-state index contributed by atoms with van der Waals surface area (Å²) in [4.78, 5) is 29.7. The van der Waals surface area contributed by atoms with Crippen LogP contribution in [0.2, 0.25) is 0 Å². The Labute approximate surface area is 266 Å². The van der Waals surface area contributed by atoms with Gasteiger partial charge in [-0.1, -0.05) is 72.8 Å². The van der Waals surface area contributed by atoms with Crippen molar-refractivity contribution in [1.29, 1.82) is 0 Å². The molecule has 45 heavy (non-hydrogen) atoms. The van der Waals surface area contributed by atoms with E-state index in [-0.39, 0.29) is 18.9 Å². The molecule has 0 aromatic heterocycles. The van der Waals surface area contributed by atoms with Crippen LogP contribution >= 0.6 is 0 Å². The Bertz CT molecular complexity index is 1690. The highest BCUT2D eigenvalue weighted by Crippen LogP contribution is 2.26. The predicted molar refractivity (Wildman–Crippen MR) is 179 cm³/mol. The van der Waals surface area contributed by atoms with E-state index in [0.717, 1.165) is 27.3 Å². The molecule has 0 saturated heterocycles. The molecule has 0 fully saturated rings. The number of hydrogen-bond acceptors (Lipinski definition) is 5. The van der Waals surface area contributed by atoms with Crippen molar-refractivity contribution in [2.24, 2.45) is 0 Å². The molecule has 4 rings (SSSR count). The van der Waals surface area contributed by atoms with Gasteiger partial charge in [-0.25, -0.2) is 8.42 Å². The van der Waals surface area contributed by atoms with Crippen molar-refractivity contribution in [3.05, 3.63) is 126 Å². The van der Waals surface area contributed by atoms with Gasteiger partial charge >= 0.3 is 0 Å². The van der Waals surface area contributed by atoms with Crippen LogP contribution in [0.5, 0.6) is 11.5 Å². The van der Waals surface area contributed by atoms with E-state index in [9.17, 15) is 18.0 Å². The Hall–Kier alpha value is -4.63. The number of carbonyl (C=O) groups excluding carboxylic acids is 2. The fourth-order valence-corrected chi connectivity index (χ4v) is 5.75. The molecule has 9 heteroatoms. The van der Waals surface area contributed by atoms with Crippen molar-refractivity contribution in [1.82, 2.24) is 10.2 Å². The summed E-state index contributed by atoms with van der Waals surface area (Å²) in [5.74, 6) is 0.345. The molecule has 0 spiro atoms. The molecule has 1 N–H and O–H groups in total. The number of nitrogens with zero attached hydrogens (tertiary/aromatic N) is 2. The van der Waals surface area contributed by atoms with Crippen LogP contribution in [0.4, 0.5) is 5.69 Å². The molecule has 4 aromatic carbocycles. The molecular weight excluding hydrogens is 586 g/mol. The van der Waals surface area contributed by atoms with Gasteiger partial charge in [-0.2, -0.15) is 0 Å². The minimum absolute atomic E-state index is 0.127. The highest BCUT2D eigenvalue weighted by Gasteiger charge is 2.34. The largest absolute Gasteiger partial charge is 0.457 e. The Kier molecular flexibility index (Phi) is 10.7. The number of aryl methyl sites for hydroxylation is 1. The second kappa shape index (κ2) is 14.4. The number of nitrogens with one attached hydrogen (secondary N) is 1. The van der Waals surface area contributed by atoms with Gasteiger partial charge in [0.1, 0.15) is 24.1 Å². The molecule has 4 aromatic rings. The minimum atomic E-state index is -3.89. The van der Waals surface area contributed by atoms with E-state index in [2.05, 4.69) is 5.32 Å². The van der Waals surface area contributed by atoms with Crippen LogP contribution in [0, 0.1) is 6.92 Å². The average Bonchev–Trinajstić information content (AvgIpc) is 2.98. The summed E-state index contributed by atoms with van der Waals surface area (Å²) < 4.78 is 33.1. The van der Waals surface area contributed by atoms with Crippen LogP contribution < -0.4 is 14.4 Å². The topological polar surface area (TPSA) is 96.0 Å². The lowest BCUT2D eigenvalue weighted by Crippen LogP contribution is -2.56. The quantitative estimate of drug-likeness (QED) is 0.205. The molecule has 0 aliphatic rings. The van der Waals surface area contributed by atoms with Gasteiger partial charge in [-0.15, -0.1) is 0 Å². The van der Waals surface area contributed by atoms with Crippen LogP contribution in [0.3, 0.4) is 0 Å². The number of sulfonamides is 1. The standard InChI is InChI=1S/C36H41N3O5S/c1-27-14-12-13-17-29(27)25-38(33(35(41)37-36(2,3)4)24-28-15-8-6-9-16-28)34(40)26-39(45(5,42)43)30-20-22-32(23-21-30)44-31-18-10-7-11-19-31/h6-23,33H,24-26H2,1-5H3,(H,37,41)/t33-/m0/s1. The zero-order valence-electron chi connectivity index (χ0n) is 26.4. The summed E-state index contributed by atoms with van der Waals surface area (Å²) in [7, 11) is -3.89. The fraction of sp³-hybridized carbons (Fsp3) is 0.278. The third kappa shape index (κ3) is 9.68. The molecule has 8 nitrogen and oxygen atoms in total. The van der Waals surface area contributed by atoms with E-state index in [4.69, 9.17) is 4.74 Å². The molecule has 0 heterocycles. The lowest BCUT2D eigenvalue weighted by Gasteiger charge is -2.35. The first kappa shape index (κ1) is 33.3. The van der Waals surface area contributed by atoms with Crippen LogP contribution in [0.25, 0.3) is 0 Å². The second-order valence-electron chi connectivity index (χ2n) is 12.1. The first-order valence-corrected chi connectivity index (χ1v) is 16.7. The zero-order chi connectivity index (χ0) is 32.6. The van der Waals surface area contributed by atoms with Gasteiger partial charge in [0.25, 0.3) is 0 Å². The fourth-order valence-electron chi connectivity index (χ4n) is 4.90. The van der Waals surface area contributed by atoms with Crippen molar-refractivity contribution >= 4 is 27.5 Å². The number of anilines is 1. The Morgan fingerprint density at radius 2 is 1.36 bits per heavy atom. The lowest BCUT2D eigenvalue weighted by molar-refractivity contribution is -0.140. The monoisotopic (exact) mass is 627 g/mol. The molecule has 0 aliphatic carbocycles. The van der Waals surface area contributed by atoms with Crippen molar-refractivity contribution in [2.45, 2.75) is 52.2 Å². The lowest BCUT2D eigenvalue weighted by atomic mass is 10.00. The third-order valence-electron chi connectivity index (χ3n) is 7.15. The summed E-state index contributed by atoms with van der Waals surface area (Å²) in [6.45, 7) is 7.23. The van der Waals surface area contributed by atoms with E-state index in [1.807, 2.05) is 113 Å². The first-order chi connectivity index (χ1) is 21.3. The second-order valence-corrected chi connectivity index (χ2v) is 14.0. The molecule has 0 radical (unpaired) electrons. The Morgan fingerprint density at radius 3 is 1.93 bits per heavy atom. The molecule has 236 valence electrons. The van der Waals surface area contributed by atoms with Gasteiger partial charge < -0.3 is 15.0 Å².